The summed E-state index contributed by atoms with van der Waals surface area (Å²) in [6.07, 6.45) is 1.88. The first-order valence-corrected chi connectivity index (χ1v) is 4.46. The lowest BCUT2D eigenvalue weighted by molar-refractivity contribution is 0.111. The number of aldehydes is 1. The van der Waals surface area contributed by atoms with Gasteiger partial charge in [0.05, 0.1) is 13.3 Å². The van der Waals surface area contributed by atoms with Crippen molar-refractivity contribution < 1.29 is 13.9 Å². The number of benzene rings is 1. The maximum Gasteiger partial charge on any atom is 0.171 e. The lowest BCUT2D eigenvalue weighted by atomic mass is 10.3. The van der Waals surface area contributed by atoms with Crippen molar-refractivity contribution in [2.75, 3.05) is 7.11 Å². The molecule has 5 nitrogen and oxygen atoms in total. The number of hydrogen-bond donors (Lipinski definition) is 0. The van der Waals surface area contributed by atoms with Gasteiger partial charge in [-0.15, -0.1) is 5.10 Å². The molecule has 16 heavy (non-hydrogen) atoms. The van der Waals surface area contributed by atoms with Crippen molar-refractivity contribution in [2.45, 2.75) is 0 Å². The fourth-order valence-electron chi connectivity index (χ4n) is 1.24. The predicted octanol–water partition coefficient (Wildman–Crippen LogP) is 1.23. The fraction of sp³-hybridized carbons (Fsp3) is 0.100. The van der Waals surface area contributed by atoms with E-state index in [1.807, 2.05) is 0 Å². The van der Waals surface area contributed by atoms with E-state index in [4.69, 9.17) is 4.74 Å². The molecule has 0 N–H and O–H groups in total. The predicted molar refractivity (Wildman–Crippen MR) is 53.3 cm³/mol. The van der Waals surface area contributed by atoms with Crippen LogP contribution in [0.15, 0.2) is 24.4 Å². The Morgan fingerprint density at radius 2 is 2.31 bits per heavy atom. The summed E-state index contributed by atoms with van der Waals surface area (Å²) in [7, 11) is 1.48. The fourth-order valence-corrected chi connectivity index (χ4v) is 1.24. The molecular weight excluding hydrogens is 213 g/mol. The number of carbonyl (C=O) groups excluding carboxylic acids is 1. The molecule has 1 heterocycles. The Balaban J connectivity index is 2.49. The first-order chi connectivity index (χ1) is 7.74. The number of rotatable bonds is 3. The summed E-state index contributed by atoms with van der Waals surface area (Å²) in [5, 5.41) is 7.18. The number of nitrogens with zero attached hydrogens (tertiary/aromatic N) is 3. The lowest BCUT2D eigenvalue weighted by Crippen LogP contribution is -1.99. The van der Waals surface area contributed by atoms with Crippen molar-refractivity contribution in [3.63, 3.8) is 0 Å². The quantitative estimate of drug-likeness (QED) is 0.731. The van der Waals surface area contributed by atoms with Crippen molar-refractivity contribution in [1.82, 2.24) is 15.0 Å². The molecule has 2 rings (SSSR count). The van der Waals surface area contributed by atoms with E-state index in [9.17, 15) is 9.18 Å². The van der Waals surface area contributed by atoms with Crippen molar-refractivity contribution in [3.8, 4) is 11.4 Å². The van der Waals surface area contributed by atoms with Crippen LogP contribution in [0.1, 0.15) is 10.5 Å². The van der Waals surface area contributed by atoms with Crippen LogP contribution in [0.5, 0.6) is 5.75 Å². The topological polar surface area (TPSA) is 57.0 Å². The minimum Gasteiger partial charge on any atom is -0.497 e. The molecule has 1 aromatic carbocycles. The summed E-state index contributed by atoms with van der Waals surface area (Å²) in [6, 6.07) is 4.23. The minimum atomic E-state index is -0.469. The van der Waals surface area contributed by atoms with Crippen molar-refractivity contribution >= 4 is 6.29 Å². The van der Waals surface area contributed by atoms with Crippen LogP contribution in [0.2, 0.25) is 0 Å². The molecule has 82 valence electrons. The maximum absolute atomic E-state index is 13.5. The van der Waals surface area contributed by atoms with Gasteiger partial charge in [-0.1, -0.05) is 5.21 Å². The Kier molecular flexibility index (Phi) is 2.63. The molecule has 1 aromatic heterocycles. The van der Waals surface area contributed by atoms with Crippen LogP contribution >= 0.6 is 0 Å². The van der Waals surface area contributed by atoms with E-state index in [-0.39, 0.29) is 11.4 Å². The van der Waals surface area contributed by atoms with E-state index in [2.05, 4.69) is 10.3 Å². The van der Waals surface area contributed by atoms with Gasteiger partial charge in [0.15, 0.2) is 6.29 Å². The molecular formula is C10H8FN3O2. The molecule has 0 saturated heterocycles. The molecule has 0 atom stereocenters. The maximum atomic E-state index is 13.5. The van der Waals surface area contributed by atoms with Crippen LogP contribution in [0.3, 0.4) is 0 Å². The highest BCUT2D eigenvalue weighted by Gasteiger charge is 2.08. The highest BCUT2D eigenvalue weighted by atomic mass is 19.1. The van der Waals surface area contributed by atoms with Crippen LogP contribution in [-0.2, 0) is 0 Å². The molecule has 0 fully saturated rings. The van der Waals surface area contributed by atoms with Gasteiger partial charge in [-0.25, -0.2) is 9.07 Å². The average Bonchev–Trinajstić information content (AvgIpc) is 2.78. The normalized spacial score (nSPS) is 10.1. The molecule has 0 aliphatic heterocycles. The monoisotopic (exact) mass is 221 g/mol. The van der Waals surface area contributed by atoms with Crippen LogP contribution < -0.4 is 4.74 Å². The molecule has 0 aliphatic rings. The number of halogens is 1. The largest absolute Gasteiger partial charge is 0.497 e. The molecule has 0 saturated carbocycles. The van der Waals surface area contributed by atoms with Gasteiger partial charge in [-0.05, 0) is 12.1 Å². The summed E-state index contributed by atoms with van der Waals surface area (Å²) < 4.78 is 19.6. The van der Waals surface area contributed by atoms with Crippen LogP contribution in [0.25, 0.3) is 5.69 Å². The summed E-state index contributed by atoms with van der Waals surface area (Å²) in [6.45, 7) is 0. The molecule has 0 spiro atoms. The Morgan fingerprint density at radius 1 is 1.50 bits per heavy atom. The Bertz CT molecular complexity index is 525. The van der Waals surface area contributed by atoms with E-state index < -0.39 is 5.82 Å². The summed E-state index contributed by atoms with van der Waals surface area (Å²) in [5.74, 6) is 0.0303. The molecule has 6 heteroatoms. The number of aromatic nitrogens is 3. The highest BCUT2D eigenvalue weighted by Crippen LogP contribution is 2.19. The van der Waals surface area contributed by atoms with E-state index in [1.165, 1.54) is 36.2 Å². The second-order valence-corrected chi connectivity index (χ2v) is 3.02. The first-order valence-electron chi connectivity index (χ1n) is 4.46. The van der Waals surface area contributed by atoms with Crippen molar-refractivity contribution in [2.24, 2.45) is 0 Å². The number of methoxy groups -OCH3 is 1. The highest BCUT2D eigenvalue weighted by molar-refractivity contribution is 5.70. The summed E-state index contributed by atoms with van der Waals surface area (Å²) >= 11 is 0. The van der Waals surface area contributed by atoms with Gasteiger partial charge < -0.3 is 4.74 Å². The molecule has 0 unspecified atom stereocenters. The van der Waals surface area contributed by atoms with Gasteiger partial charge in [0.1, 0.15) is 22.9 Å². The van der Waals surface area contributed by atoms with Crippen molar-refractivity contribution in [3.05, 3.63) is 35.9 Å². The molecule has 0 amide bonds. The third kappa shape index (κ3) is 1.77. The number of carbonyl (C=O) groups is 1. The average molecular weight is 221 g/mol. The Morgan fingerprint density at radius 3 is 2.94 bits per heavy atom. The van der Waals surface area contributed by atoms with Crippen LogP contribution in [0, 0.1) is 5.82 Å². The molecule has 0 radical (unpaired) electrons. The summed E-state index contributed by atoms with van der Waals surface area (Å²) in [4.78, 5) is 10.4. The smallest absolute Gasteiger partial charge is 0.171 e. The lowest BCUT2D eigenvalue weighted by Gasteiger charge is -2.04. The summed E-state index contributed by atoms with van der Waals surface area (Å²) in [5.41, 5.74) is 0.321. The zero-order valence-corrected chi connectivity index (χ0v) is 8.42. The molecule has 0 aliphatic carbocycles. The van der Waals surface area contributed by atoms with Gasteiger partial charge >= 0.3 is 0 Å². The van der Waals surface area contributed by atoms with Crippen molar-refractivity contribution in [1.29, 1.82) is 0 Å². The second kappa shape index (κ2) is 4.09. The third-order valence-corrected chi connectivity index (χ3v) is 2.03. The van der Waals surface area contributed by atoms with Gasteiger partial charge in [-0.3, -0.25) is 4.79 Å². The van der Waals surface area contributed by atoms with E-state index in [0.29, 0.717) is 12.0 Å². The standard InChI is InChI=1S/C10H8FN3O2/c1-16-8-2-3-9(11)10(4-8)14-5-7(6-15)12-13-14/h2-6H,1H3. The minimum absolute atomic E-state index is 0.141. The van der Waals surface area contributed by atoms with Crippen LogP contribution in [-0.4, -0.2) is 28.4 Å². The number of ether oxygens (including phenoxy) is 1. The van der Waals surface area contributed by atoms with Gasteiger partial charge in [-0.2, -0.15) is 0 Å². The zero-order valence-electron chi connectivity index (χ0n) is 8.42. The van der Waals surface area contributed by atoms with Gasteiger partial charge in [0, 0.05) is 6.07 Å². The van der Waals surface area contributed by atoms with Gasteiger partial charge in [0.2, 0.25) is 0 Å². The zero-order chi connectivity index (χ0) is 11.5. The Labute approximate surface area is 90.5 Å². The number of hydrogen-bond acceptors (Lipinski definition) is 4. The van der Waals surface area contributed by atoms with Crippen LogP contribution in [0.4, 0.5) is 4.39 Å². The Hall–Kier alpha value is -2.24. The first kappa shape index (κ1) is 10.3. The van der Waals surface area contributed by atoms with E-state index >= 15 is 0 Å². The SMILES string of the molecule is COc1ccc(F)c(-n2cc(C=O)nn2)c1. The van der Waals surface area contributed by atoms with E-state index in [1.54, 1.807) is 0 Å². The van der Waals surface area contributed by atoms with Gasteiger partial charge in [0.25, 0.3) is 0 Å². The van der Waals surface area contributed by atoms with E-state index in [0.717, 1.165) is 0 Å². The molecule has 0 bridgehead atoms. The third-order valence-electron chi connectivity index (χ3n) is 2.03. The molecule has 2 aromatic rings. The second-order valence-electron chi connectivity index (χ2n) is 3.02.